The molecule has 0 radical (unpaired) electrons. The van der Waals surface area contributed by atoms with E-state index in [0.29, 0.717) is 18.9 Å². The maximum atomic E-state index is 12.6. The van der Waals surface area contributed by atoms with Crippen LogP contribution in [0.15, 0.2) is 18.2 Å². The zero-order chi connectivity index (χ0) is 15.4. The number of benzene rings is 1. The Balaban J connectivity index is 2.03. The van der Waals surface area contributed by atoms with E-state index in [1.54, 1.807) is 0 Å². The van der Waals surface area contributed by atoms with Crippen LogP contribution in [-0.2, 0) is 4.79 Å². The number of aryl methyl sites for hydroxylation is 2. The molecule has 1 aliphatic heterocycles. The molecule has 1 heterocycles. The second-order valence-electron chi connectivity index (χ2n) is 6.07. The van der Waals surface area contributed by atoms with Crippen LogP contribution in [0.1, 0.15) is 47.2 Å². The fourth-order valence-corrected chi connectivity index (χ4v) is 3.09. The second kappa shape index (κ2) is 6.74. The number of likely N-dealkylation sites (tertiary alicyclic amines) is 1. The average molecular weight is 289 g/mol. The molecule has 1 aromatic rings. The molecule has 1 unspecified atom stereocenters. The lowest BCUT2D eigenvalue weighted by molar-refractivity contribution is -0.137. The summed E-state index contributed by atoms with van der Waals surface area (Å²) in [4.78, 5) is 25.1. The molecule has 0 bridgehead atoms. The molecule has 1 N–H and O–H groups in total. The summed E-state index contributed by atoms with van der Waals surface area (Å²) < 4.78 is 0. The van der Waals surface area contributed by atoms with Crippen LogP contribution in [0.25, 0.3) is 0 Å². The van der Waals surface area contributed by atoms with Crippen LogP contribution in [-0.4, -0.2) is 35.0 Å². The first-order chi connectivity index (χ1) is 9.95. The van der Waals surface area contributed by atoms with Gasteiger partial charge in [-0.2, -0.15) is 0 Å². The Hall–Kier alpha value is -1.84. The largest absolute Gasteiger partial charge is 0.481 e. The average Bonchev–Trinajstić information content (AvgIpc) is 2.43. The van der Waals surface area contributed by atoms with Crippen molar-refractivity contribution in [1.82, 2.24) is 4.90 Å². The van der Waals surface area contributed by atoms with Crippen LogP contribution >= 0.6 is 0 Å². The Morgan fingerprint density at radius 2 is 1.90 bits per heavy atom. The van der Waals surface area contributed by atoms with E-state index in [4.69, 9.17) is 5.11 Å². The summed E-state index contributed by atoms with van der Waals surface area (Å²) in [5.41, 5.74) is 2.93. The third kappa shape index (κ3) is 4.31. The summed E-state index contributed by atoms with van der Waals surface area (Å²) >= 11 is 0. The smallest absolute Gasteiger partial charge is 0.303 e. The van der Waals surface area contributed by atoms with Gasteiger partial charge in [0.1, 0.15) is 0 Å². The number of hydrogen-bond donors (Lipinski definition) is 1. The van der Waals surface area contributed by atoms with Crippen molar-refractivity contribution in [3.63, 3.8) is 0 Å². The molecule has 2 rings (SSSR count). The second-order valence-corrected chi connectivity index (χ2v) is 6.07. The normalized spacial score (nSPS) is 18.6. The summed E-state index contributed by atoms with van der Waals surface area (Å²) in [6, 6.07) is 5.91. The molecule has 114 valence electrons. The fourth-order valence-electron chi connectivity index (χ4n) is 3.09. The number of rotatable bonds is 4. The van der Waals surface area contributed by atoms with Crippen molar-refractivity contribution >= 4 is 11.9 Å². The molecule has 0 spiro atoms. The molecule has 1 aromatic carbocycles. The topological polar surface area (TPSA) is 57.6 Å². The van der Waals surface area contributed by atoms with Crippen LogP contribution in [0.3, 0.4) is 0 Å². The van der Waals surface area contributed by atoms with Gasteiger partial charge in [0, 0.05) is 25.1 Å². The van der Waals surface area contributed by atoms with E-state index in [9.17, 15) is 9.59 Å². The highest BCUT2D eigenvalue weighted by Crippen LogP contribution is 2.23. The quantitative estimate of drug-likeness (QED) is 0.927. The van der Waals surface area contributed by atoms with Gasteiger partial charge in [0.25, 0.3) is 5.91 Å². The Labute approximate surface area is 125 Å². The first-order valence-electron chi connectivity index (χ1n) is 7.55. The number of carboxylic acid groups (broad SMARTS) is 1. The number of hydrogen-bond acceptors (Lipinski definition) is 2. The number of nitrogens with zero attached hydrogens (tertiary/aromatic N) is 1. The predicted octanol–water partition coefficient (Wildman–Crippen LogP) is 3.02. The van der Waals surface area contributed by atoms with Crippen LogP contribution in [0.2, 0.25) is 0 Å². The van der Waals surface area contributed by atoms with Gasteiger partial charge >= 0.3 is 5.97 Å². The monoisotopic (exact) mass is 289 g/mol. The van der Waals surface area contributed by atoms with Gasteiger partial charge in [0.2, 0.25) is 0 Å². The fraction of sp³-hybridized carbons (Fsp3) is 0.529. The molecule has 0 saturated carbocycles. The van der Waals surface area contributed by atoms with Gasteiger partial charge in [-0.1, -0.05) is 17.2 Å². The van der Waals surface area contributed by atoms with E-state index in [1.165, 1.54) is 0 Å². The minimum absolute atomic E-state index is 0.0711. The highest BCUT2D eigenvalue weighted by Gasteiger charge is 2.25. The van der Waals surface area contributed by atoms with E-state index in [0.717, 1.165) is 36.1 Å². The lowest BCUT2D eigenvalue weighted by atomic mass is 9.93. The zero-order valence-corrected chi connectivity index (χ0v) is 12.8. The summed E-state index contributed by atoms with van der Waals surface area (Å²) in [6.45, 7) is 5.44. The highest BCUT2D eigenvalue weighted by molar-refractivity contribution is 5.94. The molecule has 1 amide bonds. The molecule has 4 nitrogen and oxygen atoms in total. The summed E-state index contributed by atoms with van der Waals surface area (Å²) in [6.07, 6.45) is 2.83. The molecule has 21 heavy (non-hydrogen) atoms. The molecule has 4 heteroatoms. The minimum Gasteiger partial charge on any atom is -0.481 e. The lowest BCUT2D eigenvalue weighted by Gasteiger charge is -2.32. The Morgan fingerprint density at radius 3 is 2.52 bits per heavy atom. The predicted molar refractivity (Wildman–Crippen MR) is 81.4 cm³/mol. The van der Waals surface area contributed by atoms with Crippen molar-refractivity contribution in [2.24, 2.45) is 5.92 Å². The van der Waals surface area contributed by atoms with Crippen molar-refractivity contribution in [3.8, 4) is 0 Å². The van der Waals surface area contributed by atoms with Crippen LogP contribution < -0.4 is 0 Å². The van der Waals surface area contributed by atoms with Crippen LogP contribution in [0, 0.1) is 19.8 Å². The maximum absolute atomic E-state index is 12.6. The number of carbonyl (C=O) groups excluding carboxylic acids is 1. The van der Waals surface area contributed by atoms with Crippen molar-refractivity contribution < 1.29 is 14.7 Å². The molecule has 0 aromatic heterocycles. The Bertz CT molecular complexity index is 519. The van der Waals surface area contributed by atoms with Gasteiger partial charge in [0.05, 0.1) is 0 Å². The third-order valence-electron chi connectivity index (χ3n) is 4.04. The number of piperidine rings is 1. The summed E-state index contributed by atoms with van der Waals surface area (Å²) in [5, 5.41) is 8.78. The number of carboxylic acids is 1. The first-order valence-corrected chi connectivity index (χ1v) is 7.55. The molecule has 0 aliphatic carbocycles. The Kier molecular flexibility index (Phi) is 4.99. The van der Waals surface area contributed by atoms with Gasteiger partial charge < -0.3 is 10.0 Å². The van der Waals surface area contributed by atoms with Gasteiger partial charge in [0.15, 0.2) is 0 Å². The highest BCUT2D eigenvalue weighted by atomic mass is 16.4. The van der Waals surface area contributed by atoms with Gasteiger partial charge in [-0.05, 0) is 51.2 Å². The minimum atomic E-state index is -0.757. The number of carbonyl (C=O) groups is 2. The van der Waals surface area contributed by atoms with E-state index in [-0.39, 0.29) is 12.3 Å². The van der Waals surface area contributed by atoms with Crippen molar-refractivity contribution in [1.29, 1.82) is 0 Å². The van der Waals surface area contributed by atoms with E-state index in [1.807, 2.05) is 30.9 Å². The molecule has 1 saturated heterocycles. The first kappa shape index (κ1) is 15.5. The maximum Gasteiger partial charge on any atom is 0.303 e. The SMILES string of the molecule is Cc1cc(C)cc(C(=O)N2CCCC(CCC(=O)O)C2)c1. The molecule has 1 fully saturated rings. The molecule has 1 atom stereocenters. The van der Waals surface area contributed by atoms with Gasteiger partial charge in [-0.15, -0.1) is 0 Å². The van der Waals surface area contributed by atoms with Crippen molar-refractivity contribution in [2.45, 2.75) is 39.5 Å². The standard InChI is InChI=1S/C17H23NO3/c1-12-8-13(2)10-15(9-12)17(21)18-7-3-4-14(11-18)5-6-16(19)20/h8-10,14H,3-7,11H2,1-2H3,(H,19,20). The van der Waals surface area contributed by atoms with Crippen LogP contribution in [0.5, 0.6) is 0 Å². The number of amides is 1. The third-order valence-corrected chi connectivity index (χ3v) is 4.04. The van der Waals surface area contributed by atoms with Crippen molar-refractivity contribution in [2.75, 3.05) is 13.1 Å². The summed E-state index contributed by atoms with van der Waals surface area (Å²) in [5.74, 6) is -0.376. The zero-order valence-electron chi connectivity index (χ0n) is 12.8. The lowest BCUT2D eigenvalue weighted by Crippen LogP contribution is -2.40. The molecular formula is C17H23NO3. The van der Waals surface area contributed by atoms with E-state index in [2.05, 4.69) is 6.07 Å². The molecule has 1 aliphatic rings. The van der Waals surface area contributed by atoms with E-state index >= 15 is 0 Å². The van der Waals surface area contributed by atoms with Crippen molar-refractivity contribution in [3.05, 3.63) is 34.9 Å². The van der Waals surface area contributed by atoms with Crippen LogP contribution in [0.4, 0.5) is 0 Å². The van der Waals surface area contributed by atoms with Gasteiger partial charge in [-0.3, -0.25) is 9.59 Å². The molecular weight excluding hydrogens is 266 g/mol. The summed E-state index contributed by atoms with van der Waals surface area (Å²) in [7, 11) is 0. The van der Waals surface area contributed by atoms with Gasteiger partial charge in [-0.25, -0.2) is 0 Å². The van der Waals surface area contributed by atoms with E-state index < -0.39 is 5.97 Å². The number of aliphatic carboxylic acids is 1. The Morgan fingerprint density at radius 1 is 1.24 bits per heavy atom.